The van der Waals surface area contributed by atoms with E-state index in [4.69, 9.17) is 0 Å². The van der Waals surface area contributed by atoms with E-state index >= 15 is 0 Å². The molecule has 8 rings (SSSR count). The van der Waals surface area contributed by atoms with Crippen LogP contribution < -0.4 is 20.9 Å². The number of benzene rings is 4. The zero-order valence-corrected chi connectivity index (χ0v) is 28.3. The van der Waals surface area contributed by atoms with Gasteiger partial charge in [-0.25, -0.2) is 9.97 Å². The summed E-state index contributed by atoms with van der Waals surface area (Å²) in [5.74, 6) is 0. The lowest BCUT2D eigenvalue weighted by molar-refractivity contribution is 0.966. The summed E-state index contributed by atoms with van der Waals surface area (Å²) >= 11 is 3.02. The second-order valence-corrected chi connectivity index (χ2v) is 13.8. The van der Waals surface area contributed by atoms with Crippen LogP contribution >= 0.6 is 22.7 Å². The fourth-order valence-corrected chi connectivity index (χ4v) is 7.94. The van der Waals surface area contributed by atoms with Crippen molar-refractivity contribution in [3.63, 3.8) is 0 Å². The van der Waals surface area contributed by atoms with Crippen molar-refractivity contribution in [2.75, 3.05) is 38.0 Å². The molecule has 8 aromatic rings. The molecule has 0 aliphatic heterocycles. The van der Waals surface area contributed by atoms with E-state index in [0.29, 0.717) is 9.40 Å². The van der Waals surface area contributed by atoms with E-state index in [-0.39, 0.29) is 11.1 Å². The molecule has 0 bridgehead atoms. The number of rotatable bonds is 4. The molecule has 0 unspecified atom stereocenters. The topological polar surface area (TPSA) is 76.3 Å². The summed E-state index contributed by atoms with van der Waals surface area (Å²) in [6.07, 6.45) is 3.26. The second kappa shape index (κ2) is 12.1. The van der Waals surface area contributed by atoms with Crippen LogP contribution in [0.2, 0.25) is 0 Å². The second-order valence-electron chi connectivity index (χ2n) is 11.7. The zero-order valence-electron chi connectivity index (χ0n) is 26.6. The van der Waals surface area contributed by atoms with Crippen LogP contribution in [0.3, 0.4) is 0 Å². The van der Waals surface area contributed by atoms with Crippen LogP contribution in [-0.4, -0.2) is 47.3 Å². The van der Waals surface area contributed by atoms with Crippen LogP contribution in [0.4, 0.5) is 11.4 Å². The smallest absolute Gasteiger partial charge is 0.275 e. The standard InChI is InChI=1S/C19H17N3OS.C18H15N3OS/c1-12-7-9-13(10-8-12)22-11-20-17-16-14(21(2)3)5-4-6-15(16)24-18(17)19(22)23;1-20(2)13-9-6-10-14-15(13)16-17(23-14)18(22)21(11-19-16)12-7-4-3-5-8-12/h4-11H,1-3H3;3-11H,1-2H3. The van der Waals surface area contributed by atoms with Crippen molar-refractivity contribution in [2.24, 2.45) is 0 Å². The van der Waals surface area contributed by atoms with Crippen molar-refractivity contribution in [1.29, 1.82) is 0 Å². The lowest BCUT2D eigenvalue weighted by Gasteiger charge is -2.13. The predicted molar refractivity (Wildman–Crippen MR) is 199 cm³/mol. The monoisotopic (exact) mass is 656 g/mol. The van der Waals surface area contributed by atoms with E-state index in [0.717, 1.165) is 54.0 Å². The maximum atomic E-state index is 13.0. The summed E-state index contributed by atoms with van der Waals surface area (Å²) in [4.78, 5) is 39.2. The number of hydrogen-bond donors (Lipinski definition) is 0. The Morgan fingerprint density at radius 2 is 1.00 bits per heavy atom. The minimum Gasteiger partial charge on any atom is -0.377 e. The molecule has 0 aliphatic rings. The first-order chi connectivity index (χ1) is 22.7. The summed E-state index contributed by atoms with van der Waals surface area (Å²) in [6, 6.07) is 29.7. The van der Waals surface area contributed by atoms with Crippen molar-refractivity contribution in [3.05, 3.63) is 130 Å². The van der Waals surface area contributed by atoms with Gasteiger partial charge in [0.25, 0.3) is 11.1 Å². The fraction of sp³-hybridized carbons (Fsp3) is 0.135. The van der Waals surface area contributed by atoms with Crippen molar-refractivity contribution >= 4 is 74.7 Å². The van der Waals surface area contributed by atoms with Crippen molar-refractivity contribution < 1.29 is 0 Å². The van der Waals surface area contributed by atoms with Gasteiger partial charge < -0.3 is 9.80 Å². The van der Waals surface area contributed by atoms with Gasteiger partial charge in [0.1, 0.15) is 22.1 Å². The van der Waals surface area contributed by atoms with Gasteiger partial charge in [0.2, 0.25) is 0 Å². The van der Waals surface area contributed by atoms with Crippen molar-refractivity contribution in [2.45, 2.75) is 6.92 Å². The molecule has 4 aromatic carbocycles. The average molecular weight is 657 g/mol. The molecule has 0 spiro atoms. The van der Waals surface area contributed by atoms with Gasteiger partial charge >= 0.3 is 0 Å². The van der Waals surface area contributed by atoms with Crippen LogP contribution in [0.5, 0.6) is 0 Å². The Morgan fingerprint density at radius 3 is 1.45 bits per heavy atom. The minimum absolute atomic E-state index is 0.0187. The van der Waals surface area contributed by atoms with Gasteiger partial charge in [-0.05, 0) is 55.5 Å². The van der Waals surface area contributed by atoms with Crippen LogP contribution in [0, 0.1) is 6.92 Å². The first-order valence-electron chi connectivity index (χ1n) is 15.1. The van der Waals surface area contributed by atoms with E-state index < -0.39 is 0 Å². The summed E-state index contributed by atoms with van der Waals surface area (Å²) in [5, 5.41) is 2.10. The minimum atomic E-state index is -0.0212. The molecule has 0 amide bonds. The highest BCUT2D eigenvalue weighted by Crippen LogP contribution is 2.37. The molecule has 234 valence electrons. The number of para-hydroxylation sites is 1. The first-order valence-corrected chi connectivity index (χ1v) is 16.7. The number of anilines is 2. The summed E-state index contributed by atoms with van der Waals surface area (Å²) in [5.41, 5.74) is 6.53. The van der Waals surface area contributed by atoms with Gasteiger partial charge in [-0.1, -0.05) is 48.0 Å². The Balaban J connectivity index is 0.000000150. The van der Waals surface area contributed by atoms with Crippen LogP contribution in [-0.2, 0) is 0 Å². The molecule has 0 atom stereocenters. The molecule has 4 aromatic heterocycles. The quantitative estimate of drug-likeness (QED) is 0.194. The Hall–Kier alpha value is -5.32. The van der Waals surface area contributed by atoms with Gasteiger partial charge in [-0.3, -0.25) is 18.7 Å². The molecule has 47 heavy (non-hydrogen) atoms. The van der Waals surface area contributed by atoms with Gasteiger partial charge in [-0.15, -0.1) is 22.7 Å². The maximum absolute atomic E-state index is 13.0. The zero-order chi connectivity index (χ0) is 32.8. The molecule has 0 aliphatic carbocycles. The summed E-state index contributed by atoms with van der Waals surface area (Å²) in [7, 11) is 8.02. The molecular formula is C37H32N6O2S2. The highest BCUT2D eigenvalue weighted by molar-refractivity contribution is 7.26. The number of thiophene rings is 2. The van der Waals surface area contributed by atoms with Crippen LogP contribution in [0.15, 0.2) is 113 Å². The predicted octanol–water partition coefficient (Wildman–Crippen LogP) is 7.64. The molecular weight excluding hydrogens is 625 g/mol. The molecule has 0 radical (unpaired) electrons. The van der Waals surface area contributed by atoms with Crippen LogP contribution in [0.25, 0.3) is 52.0 Å². The Kier molecular flexibility index (Phi) is 7.83. The third-order valence-corrected chi connectivity index (χ3v) is 10.3. The maximum Gasteiger partial charge on any atom is 0.275 e. The van der Waals surface area contributed by atoms with E-state index in [1.54, 1.807) is 21.8 Å². The largest absolute Gasteiger partial charge is 0.377 e. The number of nitrogens with zero attached hydrogens (tertiary/aromatic N) is 6. The van der Waals surface area contributed by atoms with Gasteiger partial charge in [0.05, 0.1) is 22.4 Å². The molecule has 4 heterocycles. The third kappa shape index (κ3) is 5.35. The van der Waals surface area contributed by atoms with Gasteiger partial charge in [-0.2, -0.15) is 0 Å². The molecule has 0 fully saturated rings. The lowest BCUT2D eigenvalue weighted by Crippen LogP contribution is -2.17. The van der Waals surface area contributed by atoms with Gasteiger partial charge in [0, 0.05) is 59.7 Å². The Bertz CT molecular complexity index is 2530. The number of aromatic nitrogens is 4. The Labute approximate surface area is 279 Å². The van der Waals surface area contributed by atoms with Crippen molar-refractivity contribution in [1.82, 2.24) is 19.1 Å². The lowest BCUT2D eigenvalue weighted by atomic mass is 10.2. The van der Waals surface area contributed by atoms with Gasteiger partial charge in [0.15, 0.2) is 0 Å². The summed E-state index contributed by atoms with van der Waals surface area (Å²) in [6.45, 7) is 2.03. The molecule has 0 N–H and O–H groups in total. The van der Waals surface area contributed by atoms with Crippen LogP contribution in [0.1, 0.15) is 5.56 Å². The highest BCUT2D eigenvalue weighted by Gasteiger charge is 2.17. The molecule has 8 nitrogen and oxygen atoms in total. The average Bonchev–Trinajstić information content (AvgIpc) is 3.66. The van der Waals surface area contributed by atoms with E-state index in [9.17, 15) is 9.59 Å². The van der Waals surface area contributed by atoms with E-state index in [1.165, 1.54) is 28.2 Å². The first kappa shape index (κ1) is 30.3. The number of hydrogen-bond acceptors (Lipinski definition) is 8. The number of fused-ring (bicyclic) bond motifs is 6. The molecule has 0 saturated heterocycles. The SMILES string of the molecule is CN(C)c1cccc2sc3c(=O)n(-c4ccccc4)cnc3c12.Cc1ccc(-n2cnc3c(sc4cccc(N(C)C)c43)c2=O)cc1. The van der Waals surface area contributed by atoms with E-state index in [2.05, 4.69) is 31.9 Å². The van der Waals surface area contributed by atoms with Crippen molar-refractivity contribution in [3.8, 4) is 11.4 Å². The highest BCUT2D eigenvalue weighted by atomic mass is 32.1. The third-order valence-electron chi connectivity index (χ3n) is 8.08. The molecule has 0 saturated carbocycles. The summed E-state index contributed by atoms with van der Waals surface area (Å²) < 4.78 is 6.78. The number of aryl methyl sites for hydroxylation is 1. The Morgan fingerprint density at radius 1 is 0.553 bits per heavy atom. The fourth-order valence-electron chi connectivity index (χ4n) is 5.73. The molecule has 10 heteroatoms. The normalized spacial score (nSPS) is 11.3. The van der Waals surface area contributed by atoms with E-state index in [1.807, 2.05) is 114 Å².